The maximum Gasteiger partial charge on any atom is 0.246 e. The van der Waals surface area contributed by atoms with Crippen LogP contribution >= 0.6 is 0 Å². The van der Waals surface area contributed by atoms with E-state index in [9.17, 15) is 8.42 Å². The SMILES string of the molecule is CN(C1CCOCC1)S(=O)(=O)c1cnccc1N. The summed E-state index contributed by atoms with van der Waals surface area (Å²) in [4.78, 5) is 3.90. The lowest BCUT2D eigenvalue weighted by molar-refractivity contribution is 0.0632. The first-order valence-corrected chi connectivity index (χ1v) is 7.23. The lowest BCUT2D eigenvalue weighted by atomic mass is 10.1. The quantitative estimate of drug-likeness (QED) is 0.863. The van der Waals surface area contributed by atoms with E-state index in [0.29, 0.717) is 26.1 Å². The van der Waals surface area contributed by atoms with Gasteiger partial charge in [-0.25, -0.2) is 8.42 Å². The van der Waals surface area contributed by atoms with Gasteiger partial charge in [0.15, 0.2) is 0 Å². The molecule has 0 saturated carbocycles. The first kappa shape index (κ1) is 13.3. The summed E-state index contributed by atoms with van der Waals surface area (Å²) in [6.45, 7) is 1.18. The highest BCUT2D eigenvalue weighted by atomic mass is 32.2. The van der Waals surface area contributed by atoms with Gasteiger partial charge in [0.05, 0.1) is 5.69 Å². The highest BCUT2D eigenvalue weighted by Gasteiger charge is 2.30. The second-order valence-electron chi connectivity index (χ2n) is 4.28. The van der Waals surface area contributed by atoms with Gasteiger partial charge < -0.3 is 10.5 Å². The van der Waals surface area contributed by atoms with Crippen LogP contribution in [-0.4, -0.2) is 44.0 Å². The van der Waals surface area contributed by atoms with Gasteiger partial charge >= 0.3 is 0 Å². The summed E-state index contributed by atoms with van der Waals surface area (Å²) in [5.41, 5.74) is 5.93. The first-order chi connectivity index (χ1) is 8.53. The number of nitrogens with two attached hydrogens (primary N) is 1. The van der Waals surface area contributed by atoms with Crippen LogP contribution in [0.15, 0.2) is 23.4 Å². The Balaban J connectivity index is 2.28. The fraction of sp³-hybridized carbons (Fsp3) is 0.545. The number of hydrogen-bond donors (Lipinski definition) is 1. The number of anilines is 1. The van der Waals surface area contributed by atoms with Gasteiger partial charge in [0, 0.05) is 38.7 Å². The summed E-state index contributed by atoms with van der Waals surface area (Å²) in [7, 11) is -2.00. The Labute approximate surface area is 107 Å². The molecular formula is C11H17N3O3S. The first-order valence-electron chi connectivity index (χ1n) is 5.79. The minimum Gasteiger partial charge on any atom is -0.398 e. The van der Waals surface area contributed by atoms with Crippen molar-refractivity contribution in [1.29, 1.82) is 0 Å². The number of hydrogen-bond acceptors (Lipinski definition) is 5. The molecule has 6 nitrogen and oxygen atoms in total. The average Bonchev–Trinajstić information content (AvgIpc) is 2.39. The summed E-state index contributed by atoms with van der Waals surface area (Å²) >= 11 is 0. The molecule has 1 aromatic heterocycles. The van der Waals surface area contributed by atoms with Crippen molar-refractivity contribution < 1.29 is 13.2 Å². The van der Waals surface area contributed by atoms with E-state index in [1.54, 1.807) is 7.05 Å². The molecule has 2 N–H and O–H groups in total. The van der Waals surface area contributed by atoms with Crippen molar-refractivity contribution in [2.24, 2.45) is 0 Å². The third kappa shape index (κ3) is 2.47. The molecule has 1 aliphatic heterocycles. The Morgan fingerprint density at radius 3 is 2.72 bits per heavy atom. The number of nitrogen functional groups attached to an aromatic ring is 1. The number of pyridine rings is 1. The number of aromatic nitrogens is 1. The van der Waals surface area contributed by atoms with Crippen LogP contribution < -0.4 is 5.73 Å². The van der Waals surface area contributed by atoms with E-state index in [2.05, 4.69) is 4.98 Å². The Kier molecular flexibility index (Phi) is 3.84. The molecule has 0 atom stereocenters. The van der Waals surface area contributed by atoms with Crippen molar-refractivity contribution in [2.75, 3.05) is 26.0 Å². The van der Waals surface area contributed by atoms with E-state index in [-0.39, 0.29) is 16.6 Å². The molecule has 100 valence electrons. The van der Waals surface area contributed by atoms with Crippen molar-refractivity contribution >= 4 is 15.7 Å². The van der Waals surface area contributed by atoms with Gasteiger partial charge in [-0.05, 0) is 18.9 Å². The monoisotopic (exact) mass is 271 g/mol. The molecule has 1 fully saturated rings. The van der Waals surface area contributed by atoms with Crippen LogP contribution in [0.2, 0.25) is 0 Å². The zero-order valence-corrected chi connectivity index (χ0v) is 11.1. The summed E-state index contributed by atoms with van der Waals surface area (Å²) in [5, 5.41) is 0. The van der Waals surface area contributed by atoms with Crippen LogP contribution in [0.1, 0.15) is 12.8 Å². The molecule has 2 heterocycles. The van der Waals surface area contributed by atoms with Crippen molar-refractivity contribution in [1.82, 2.24) is 9.29 Å². The minimum absolute atomic E-state index is 0.0386. The van der Waals surface area contributed by atoms with Crippen molar-refractivity contribution in [2.45, 2.75) is 23.8 Å². The van der Waals surface area contributed by atoms with E-state index in [1.807, 2.05) is 0 Å². The number of sulfonamides is 1. The van der Waals surface area contributed by atoms with Crippen LogP contribution in [0.5, 0.6) is 0 Å². The third-order valence-electron chi connectivity index (χ3n) is 3.18. The molecule has 1 aliphatic rings. The van der Waals surface area contributed by atoms with Gasteiger partial charge in [0.2, 0.25) is 10.0 Å². The molecule has 2 rings (SSSR count). The molecule has 0 radical (unpaired) electrons. The van der Waals surface area contributed by atoms with Crippen molar-refractivity contribution in [3.05, 3.63) is 18.5 Å². The van der Waals surface area contributed by atoms with Crippen LogP contribution in [0.3, 0.4) is 0 Å². The van der Waals surface area contributed by atoms with Gasteiger partial charge in [-0.1, -0.05) is 0 Å². The van der Waals surface area contributed by atoms with E-state index < -0.39 is 10.0 Å². The molecular weight excluding hydrogens is 254 g/mol. The van der Waals surface area contributed by atoms with E-state index in [1.165, 1.54) is 22.8 Å². The number of rotatable bonds is 3. The molecule has 0 spiro atoms. The van der Waals surface area contributed by atoms with Gasteiger partial charge in [-0.2, -0.15) is 4.31 Å². The molecule has 1 aromatic rings. The smallest absolute Gasteiger partial charge is 0.246 e. The van der Waals surface area contributed by atoms with E-state index in [4.69, 9.17) is 10.5 Å². The molecule has 0 unspecified atom stereocenters. The molecule has 0 amide bonds. The summed E-state index contributed by atoms with van der Waals surface area (Å²) in [6.07, 6.45) is 4.18. The standard InChI is InChI=1S/C11H17N3O3S/c1-14(9-3-6-17-7-4-9)18(15,16)11-8-13-5-2-10(11)12/h2,5,8-9H,3-4,6-7H2,1H3,(H2,12,13). The number of nitrogens with zero attached hydrogens (tertiary/aromatic N) is 2. The zero-order chi connectivity index (χ0) is 13.2. The van der Waals surface area contributed by atoms with Crippen molar-refractivity contribution in [3.8, 4) is 0 Å². The largest absolute Gasteiger partial charge is 0.398 e. The Bertz CT molecular complexity index is 512. The Hall–Kier alpha value is -1.18. The van der Waals surface area contributed by atoms with Crippen molar-refractivity contribution in [3.63, 3.8) is 0 Å². The average molecular weight is 271 g/mol. The topological polar surface area (TPSA) is 85.5 Å². The molecule has 7 heteroatoms. The molecule has 18 heavy (non-hydrogen) atoms. The van der Waals surface area contributed by atoms with Crippen LogP contribution in [0.25, 0.3) is 0 Å². The number of ether oxygens (including phenoxy) is 1. The van der Waals surface area contributed by atoms with Crippen LogP contribution in [0, 0.1) is 0 Å². The molecule has 1 saturated heterocycles. The molecule has 0 aliphatic carbocycles. The molecule has 0 bridgehead atoms. The lowest BCUT2D eigenvalue weighted by Gasteiger charge is -2.30. The minimum atomic E-state index is -3.58. The van der Waals surface area contributed by atoms with Gasteiger partial charge in [-0.3, -0.25) is 4.98 Å². The Morgan fingerprint density at radius 2 is 2.11 bits per heavy atom. The van der Waals surface area contributed by atoms with Crippen LogP contribution in [0.4, 0.5) is 5.69 Å². The van der Waals surface area contributed by atoms with Gasteiger partial charge in [0.25, 0.3) is 0 Å². The zero-order valence-electron chi connectivity index (χ0n) is 10.2. The van der Waals surface area contributed by atoms with Crippen LogP contribution in [-0.2, 0) is 14.8 Å². The Morgan fingerprint density at radius 1 is 1.44 bits per heavy atom. The second-order valence-corrected chi connectivity index (χ2v) is 6.24. The predicted octanol–water partition coefficient (Wildman–Crippen LogP) is 0.463. The van der Waals surface area contributed by atoms with Gasteiger partial charge in [-0.15, -0.1) is 0 Å². The fourth-order valence-electron chi connectivity index (χ4n) is 2.01. The van der Waals surface area contributed by atoms with Gasteiger partial charge in [0.1, 0.15) is 4.90 Å². The third-order valence-corrected chi connectivity index (χ3v) is 5.13. The highest BCUT2D eigenvalue weighted by Crippen LogP contribution is 2.24. The second kappa shape index (κ2) is 5.21. The predicted molar refractivity (Wildman–Crippen MR) is 67.4 cm³/mol. The normalized spacial score (nSPS) is 18.1. The van der Waals surface area contributed by atoms with E-state index in [0.717, 1.165) is 0 Å². The summed E-state index contributed by atoms with van der Waals surface area (Å²) in [6, 6.07) is 1.45. The highest BCUT2D eigenvalue weighted by molar-refractivity contribution is 7.89. The summed E-state index contributed by atoms with van der Waals surface area (Å²) in [5.74, 6) is 0. The molecule has 0 aromatic carbocycles. The maximum atomic E-state index is 12.4. The summed E-state index contributed by atoms with van der Waals surface area (Å²) < 4.78 is 31.4. The maximum absolute atomic E-state index is 12.4. The fourth-order valence-corrected chi connectivity index (χ4v) is 3.48. The lowest BCUT2D eigenvalue weighted by Crippen LogP contribution is -2.40. The van der Waals surface area contributed by atoms with E-state index >= 15 is 0 Å².